The summed E-state index contributed by atoms with van der Waals surface area (Å²) in [7, 11) is 0. The van der Waals surface area contributed by atoms with Crippen molar-refractivity contribution in [3.8, 4) is 0 Å². The molecule has 0 saturated carbocycles. The van der Waals surface area contributed by atoms with Crippen LogP contribution >= 0.6 is 34.8 Å². The fourth-order valence-electron chi connectivity index (χ4n) is 0.965. The highest BCUT2D eigenvalue weighted by Crippen LogP contribution is 2.29. The molecule has 1 aromatic rings. The highest BCUT2D eigenvalue weighted by Gasteiger charge is 2.32. The van der Waals surface area contributed by atoms with Crippen LogP contribution in [-0.2, 0) is 10.9 Å². The minimum Gasteiger partial charge on any atom is -0.445 e. The van der Waals surface area contributed by atoms with E-state index in [1.54, 1.807) is 0 Å². The SMILES string of the molecule is O=C(Nc1ccnc(C(F)(F)F)c1)OCC(Cl)(Cl)Cl. The first kappa shape index (κ1) is 16.1. The van der Waals surface area contributed by atoms with Crippen molar-refractivity contribution in [3.05, 3.63) is 24.0 Å². The van der Waals surface area contributed by atoms with Crippen molar-refractivity contribution in [1.29, 1.82) is 0 Å². The smallest absolute Gasteiger partial charge is 0.433 e. The Morgan fingerprint density at radius 3 is 2.53 bits per heavy atom. The molecule has 1 aromatic heterocycles. The average molecular weight is 338 g/mol. The van der Waals surface area contributed by atoms with Crippen molar-refractivity contribution in [2.24, 2.45) is 0 Å². The van der Waals surface area contributed by atoms with E-state index in [-0.39, 0.29) is 5.69 Å². The van der Waals surface area contributed by atoms with Crippen LogP contribution in [0.15, 0.2) is 18.3 Å². The van der Waals surface area contributed by atoms with E-state index in [0.717, 1.165) is 12.3 Å². The fourth-order valence-corrected chi connectivity index (χ4v) is 1.13. The number of hydrogen-bond acceptors (Lipinski definition) is 3. The molecule has 0 fully saturated rings. The first-order chi connectivity index (χ1) is 8.58. The van der Waals surface area contributed by atoms with Gasteiger partial charge in [-0.05, 0) is 12.1 Å². The zero-order valence-electron chi connectivity index (χ0n) is 8.97. The second-order valence-corrected chi connectivity index (χ2v) is 5.76. The number of anilines is 1. The topological polar surface area (TPSA) is 51.2 Å². The zero-order chi connectivity index (χ0) is 14.7. The van der Waals surface area contributed by atoms with Gasteiger partial charge in [-0.25, -0.2) is 4.79 Å². The third kappa shape index (κ3) is 6.17. The number of carbonyl (C=O) groups excluding carboxylic acids is 1. The molecule has 0 atom stereocenters. The molecule has 10 heteroatoms. The lowest BCUT2D eigenvalue weighted by Crippen LogP contribution is -2.21. The van der Waals surface area contributed by atoms with Gasteiger partial charge in [0.2, 0.25) is 3.79 Å². The Kier molecular flexibility index (Phi) is 5.11. The third-order valence-corrected chi connectivity index (χ3v) is 1.99. The van der Waals surface area contributed by atoms with Crippen molar-refractivity contribution in [3.63, 3.8) is 0 Å². The van der Waals surface area contributed by atoms with Crippen LogP contribution in [0.3, 0.4) is 0 Å². The van der Waals surface area contributed by atoms with Crippen LogP contribution in [0.1, 0.15) is 5.69 Å². The molecular weight excluding hydrogens is 331 g/mol. The number of alkyl halides is 6. The predicted molar refractivity (Wildman–Crippen MR) is 64.5 cm³/mol. The number of carbonyl (C=O) groups is 1. The molecule has 1 rings (SSSR count). The zero-order valence-corrected chi connectivity index (χ0v) is 11.2. The maximum atomic E-state index is 12.4. The fraction of sp³-hybridized carbons (Fsp3) is 0.333. The van der Waals surface area contributed by atoms with Gasteiger partial charge in [-0.2, -0.15) is 13.2 Å². The second kappa shape index (κ2) is 6.02. The summed E-state index contributed by atoms with van der Waals surface area (Å²) in [5, 5.41) is 2.05. The Morgan fingerprint density at radius 2 is 2.00 bits per heavy atom. The van der Waals surface area contributed by atoms with Crippen molar-refractivity contribution < 1.29 is 22.7 Å². The number of halogens is 6. The van der Waals surface area contributed by atoms with E-state index in [1.807, 2.05) is 5.32 Å². The molecule has 1 amide bonds. The molecule has 0 unspecified atom stereocenters. The van der Waals surface area contributed by atoms with E-state index in [4.69, 9.17) is 34.8 Å². The van der Waals surface area contributed by atoms with Crippen molar-refractivity contribution in [2.45, 2.75) is 9.97 Å². The van der Waals surface area contributed by atoms with Crippen LogP contribution in [0, 0.1) is 0 Å². The molecule has 0 saturated heterocycles. The van der Waals surface area contributed by atoms with E-state index in [2.05, 4.69) is 9.72 Å². The number of pyridine rings is 1. The molecular formula is C9H6Cl3F3N2O2. The number of rotatable bonds is 2. The summed E-state index contributed by atoms with van der Waals surface area (Å²) < 4.78 is 39.7. The van der Waals surface area contributed by atoms with Crippen LogP contribution in [0.4, 0.5) is 23.7 Å². The van der Waals surface area contributed by atoms with Gasteiger partial charge in [-0.15, -0.1) is 0 Å². The predicted octanol–water partition coefficient (Wildman–Crippen LogP) is 4.02. The summed E-state index contributed by atoms with van der Waals surface area (Å²) in [6.07, 6.45) is -4.77. The summed E-state index contributed by atoms with van der Waals surface area (Å²) >= 11 is 16.0. The van der Waals surface area contributed by atoms with Crippen LogP contribution in [-0.4, -0.2) is 21.5 Å². The summed E-state index contributed by atoms with van der Waals surface area (Å²) in [6.45, 7) is -0.541. The van der Waals surface area contributed by atoms with Gasteiger partial charge >= 0.3 is 12.3 Å². The van der Waals surface area contributed by atoms with Crippen LogP contribution in [0.5, 0.6) is 0 Å². The number of ether oxygens (including phenoxy) is 1. The van der Waals surface area contributed by atoms with E-state index in [1.165, 1.54) is 0 Å². The maximum Gasteiger partial charge on any atom is 0.433 e. The summed E-state index contributed by atoms with van der Waals surface area (Å²) in [6, 6.07) is 1.81. The van der Waals surface area contributed by atoms with E-state index in [9.17, 15) is 18.0 Å². The van der Waals surface area contributed by atoms with Gasteiger partial charge in [0.25, 0.3) is 0 Å². The molecule has 106 valence electrons. The van der Waals surface area contributed by atoms with Crippen LogP contribution in [0.2, 0.25) is 0 Å². The van der Waals surface area contributed by atoms with Gasteiger partial charge < -0.3 is 4.74 Å². The van der Waals surface area contributed by atoms with E-state index >= 15 is 0 Å². The van der Waals surface area contributed by atoms with Crippen molar-refractivity contribution in [2.75, 3.05) is 11.9 Å². The van der Waals surface area contributed by atoms with Crippen molar-refractivity contribution >= 4 is 46.6 Å². The first-order valence-electron chi connectivity index (χ1n) is 4.62. The minimum atomic E-state index is -4.61. The number of nitrogens with zero attached hydrogens (tertiary/aromatic N) is 1. The molecule has 0 aliphatic rings. The minimum absolute atomic E-state index is 0.142. The van der Waals surface area contributed by atoms with Crippen LogP contribution in [0.25, 0.3) is 0 Å². The largest absolute Gasteiger partial charge is 0.445 e. The highest BCUT2D eigenvalue weighted by atomic mass is 35.6. The molecule has 19 heavy (non-hydrogen) atoms. The Morgan fingerprint density at radius 1 is 1.37 bits per heavy atom. The third-order valence-electron chi connectivity index (χ3n) is 1.66. The first-order valence-corrected chi connectivity index (χ1v) is 5.75. The molecule has 0 spiro atoms. The van der Waals surface area contributed by atoms with Crippen LogP contribution < -0.4 is 5.32 Å². The van der Waals surface area contributed by atoms with E-state index in [0.29, 0.717) is 6.07 Å². The molecule has 4 nitrogen and oxygen atoms in total. The highest BCUT2D eigenvalue weighted by molar-refractivity contribution is 6.67. The number of nitrogens with one attached hydrogen (secondary N) is 1. The molecule has 0 aliphatic heterocycles. The van der Waals surface area contributed by atoms with Gasteiger partial charge in [0.15, 0.2) is 0 Å². The average Bonchev–Trinajstić information content (AvgIpc) is 2.25. The molecule has 1 N–H and O–H groups in total. The monoisotopic (exact) mass is 336 g/mol. The van der Waals surface area contributed by atoms with E-state index < -0.39 is 28.4 Å². The second-order valence-electron chi connectivity index (χ2n) is 3.24. The molecule has 0 aliphatic carbocycles. The van der Waals surface area contributed by atoms with Crippen molar-refractivity contribution in [1.82, 2.24) is 4.98 Å². The summed E-state index contributed by atoms with van der Waals surface area (Å²) in [4.78, 5) is 14.3. The van der Waals surface area contributed by atoms with Gasteiger partial charge in [-0.3, -0.25) is 10.3 Å². The number of amides is 1. The number of hydrogen-bond donors (Lipinski definition) is 1. The summed E-state index contributed by atoms with van der Waals surface area (Å²) in [5.74, 6) is 0. The molecule has 0 radical (unpaired) electrons. The molecule has 0 bridgehead atoms. The maximum absolute atomic E-state index is 12.4. The Balaban J connectivity index is 2.65. The molecule has 0 aromatic carbocycles. The summed E-state index contributed by atoms with van der Waals surface area (Å²) in [5.41, 5.74) is -1.29. The molecule has 1 heterocycles. The lowest BCUT2D eigenvalue weighted by molar-refractivity contribution is -0.141. The lowest BCUT2D eigenvalue weighted by atomic mass is 10.3. The quantitative estimate of drug-likeness (QED) is 0.829. The van der Waals surface area contributed by atoms with Gasteiger partial charge in [0.1, 0.15) is 12.3 Å². The van der Waals surface area contributed by atoms with Gasteiger partial charge in [-0.1, -0.05) is 34.8 Å². The Bertz CT molecular complexity index is 463. The lowest BCUT2D eigenvalue weighted by Gasteiger charge is -2.12. The number of aromatic nitrogens is 1. The Hall–Kier alpha value is -0.920. The normalized spacial score (nSPS) is 12.1. The van der Waals surface area contributed by atoms with Gasteiger partial charge in [0, 0.05) is 11.9 Å². The standard InChI is InChI=1S/C9H6Cl3F3N2O2/c10-8(11,12)4-19-7(18)17-5-1-2-16-6(3-5)9(13,14)15/h1-3H,4H2,(H,16,17,18). The Labute approximate surface area is 120 Å². The van der Waals surface area contributed by atoms with Gasteiger partial charge in [0.05, 0.1) is 0 Å².